The molecule has 11 heteroatoms. The quantitative estimate of drug-likeness (QED) is 0.282. The summed E-state index contributed by atoms with van der Waals surface area (Å²) in [5.41, 5.74) is 5.81. The fraction of sp³-hybridized carbons (Fsp3) is 0. The highest BCUT2D eigenvalue weighted by molar-refractivity contribution is 6.05. The molecular weight excluding hydrogens is 502 g/mol. The third-order valence-corrected chi connectivity index (χ3v) is 7.14. The number of nitrogens with one attached hydrogen (secondary N) is 2. The van der Waals surface area contributed by atoms with Crippen LogP contribution in [0.3, 0.4) is 0 Å². The van der Waals surface area contributed by atoms with Gasteiger partial charge in [-0.3, -0.25) is 15.0 Å². The summed E-state index contributed by atoms with van der Waals surface area (Å²) in [6.45, 7) is 0. The highest BCUT2D eigenvalue weighted by Crippen LogP contribution is 2.36. The van der Waals surface area contributed by atoms with E-state index >= 15 is 0 Å². The fourth-order valence-corrected chi connectivity index (χ4v) is 5.27. The molecule has 0 spiro atoms. The van der Waals surface area contributed by atoms with Gasteiger partial charge < -0.3 is 9.97 Å². The highest BCUT2D eigenvalue weighted by Gasteiger charge is 2.22. The minimum absolute atomic E-state index is 0.491. The Morgan fingerprint density at radius 3 is 1.35 bits per heavy atom. The van der Waals surface area contributed by atoms with Gasteiger partial charge in [-0.1, -0.05) is 24.3 Å². The molecule has 0 amide bonds. The van der Waals surface area contributed by atoms with Gasteiger partial charge in [-0.2, -0.15) is 0 Å². The van der Waals surface area contributed by atoms with Crippen molar-refractivity contribution in [3.63, 3.8) is 0 Å². The monoisotopic (exact) mass is 517 g/mol. The second-order valence-electron chi connectivity index (χ2n) is 9.42. The van der Waals surface area contributed by atoms with Gasteiger partial charge in [0.15, 0.2) is 23.3 Å². The number of benzene rings is 1. The van der Waals surface area contributed by atoms with Gasteiger partial charge in [-0.15, -0.1) is 0 Å². The summed E-state index contributed by atoms with van der Waals surface area (Å²) in [7, 11) is 0. The van der Waals surface area contributed by atoms with Crippen LogP contribution in [0.5, 0.6) is 0 Å². The Kier molecular flexibility index (Phi) is 4.08. The predicted molar refractivity (Wildman–Crippen MR) is 149 cm³/mol. The molecule has 0 unspecified atom stereocenters. The number of H-pyrrole nitrogens is 2. The lowest BCUT2D eigenvalue weighted by Gasteiger charge is -1.96. The molecule has 186 valence electrons. The molecule has 0 fully saturated rings. The van der Waals surface area contributed by atoms with E-state index in [9.17, 15) is 0 Å². The standard InChI is InChI=1S/C29H15N11/c1-2-4-15-14(3-1)22-33-23(15)35-25-17-6-9-31-12-20(17)28(37-25)40-29-21-13-32-10-7-18(21)26(39-29)38-27-19-11-30-8-5-16(19)24(34-22)36-27/h1-13H,(H2,33,34,35,36,37,38,39,40). The summed E-state index contributed by atoms with van der Waals surface area (Å²) in [6, 6.07) is 13.6. The number of aromatic nitrogens is 11. The number of fused-ring (bicyclic) bond motifs is 20. The van der Waals surface area contributed by atoms with Crippen molar-refractivity contribution >= 4 is 44.1 Å². The number of pyridine rings is 3. The van der Waals surface area contributed by atoms with Gasteiger partial charge >= 0.3 is 0 Å². The van der Waals surface area contributed by atoms with Crippen molar-refractivity contribution < 1.29 is 0 Å². The lowest BCUT2D eigenvalue weighted by Crippen LogP contribution is -1.83. The molecule has 11 nitrogen and oxygen atoms in total. The molecule has 40 heavy (non-hydrogen) atoms. The van der Waals surface area contributed by atoms with E-state index in [4.69, 9.17) is 29.9 Å². The first-order valence-electron chi connectivity index (χ1n) is 12.5. The zero-order chi connectivity index (χ0) is 26.2. The summed E-state index contributed by atoms with van der Waals surface area (Å²) >= 11 is 0. The number of rotatable bonds is 0. The minimum atomic E-state index is 0.491. The van der Waals surface area contributed by atoms with Crippen LogP contribution in [0.4, 0.5) is 0 Å². The van der Waals surface area contributed by atoms with Gasteiger partial charge in [0.05, 0.1) is 0 Å². The van der Waals surface area contributed by atoms with Crippen molar-refractivity contribution in [2.45, 2.75) is 0 Å². The van der Waals surface area contributed by atoms with Crippen molar-refractivity contribution in [2.24, 2.45) is 0 Å². The minimum Gasteiger partial charge on any atom is -0.324 e. The van der Waals surface area contributed by atoms with Gasteiger partial charge in [-0.05, 0) is 18.2 Å². The molecule has 6 aromatic heterocycles. The Morgan fingerprint density at radius 2 is 0.800 bits per heavy atom. The average Bonchev–Trinajstić information content (AvgIpc) is 3.73. The Balaban J connectivity index is 1.51. The zero-order valence-electron chi connectivity index (χ0n) is 20.5. The molecule has 0 aliphatic carbocycles. The van der Waals surface area contributed by atoms with Crippen molar-refractivity contribution in [3.05, 3.63) is 79.6 Å². The Labute approximate surface area is 224 Å². The topological polar surface area (TPSA) is 148 Å². The molecule has 8 bridgehead atoms. The van der Waals surface area contributed by atoms with Gasteiger partial charge in [0.2, 0.25) is 0 Å². The van der Waals surface area contributed by atoms with Gasteiger partial charge in [0.1, 0.15) is 22.6 Å². The Morgan fingerprint density at radius 1 is 0.375 bits per heavy atom. The van der Waals surface area contributed by atoms with E-state index in [1.54, 1.807) is 37.2 Å². The second kappa shape index (κ2) is 7.77. The van der Waals surface area contributed by atoms with Crippen molar-refractivity contribution in [2.75, 3.05) is 0 Å². The summed E-state index contributed by atoms with van der Waals surface area (Å²) in [5.74, 6) is 2.12. The molecule has 8 heterocycles. The molecule has 1 aromatic carbocycles. The largest absolute Gasteiger partial charge is 0.324 e. The van der Waals surface area contributed by atoms with E-state index < -0.39 is 0 Å². The Hall–Kier alpha value is -5.97. The molecule has 2 aliphatic rings. The molecular formula is C29H15N11. The third kappa shape index (κ3) is 2.96. The van der Waals surface area contributed by atoms with Crippen LogP contribution in [-0.4, -0.2) is 54.8 Å². The van der Waals surface area contributed by atoms with E-state index in [0.29, 0.717) is 45.9 Å². The SMILES string of the molecule is c1ccc2c(c1)-c1nc-2nc2[nH]c(nc3nc(nc4[nH]c(n1)c1ccncc41)-c1ccncc1-3)c1cnccc21. The normalized spacial score (nSPS) is 12.0. The molecule has 2 aliphatic heterocycles. The number of hydrogen-bond donors (Lipinski definition) is 2. The van der Waals surface area contributed by atoms with Crippen LogP contribution in [0.1, 0.15) is 0 Å². The van der Waals surface area contributed by atoms with Crippen LogP contribution in [0.2, 0.25) is 0 Å². The average molecular weight is 518 g/mol. The first kappa shape index (κ1) is 21.0. The van der Waals surface area contributed by atoms with Crippen molar-refractivity contribution in [1.82, 2.24) is 54.8 Å². The second-order valence-corrected chi connectivity index (χ2v) is 9.42. The van der Waals surface area contributed by atoms with Gasteiger partial charge in [0, 0.05) is 81.0 Å². The van der Waals surface area contributed by atoms with E-state index in [1.807, 2.05) is 42.5 Å². The maximum absolute atomic E-state index is 4.97. The van der Waals surface area contributed by atoms with Gasteiger partial charge in [0.25, 0.3) is 0 Å². The lowest BCUT2D eigenvalue weighted by atomic mass is 10.1. The summed E-state index contributed by atoms with van der Waals surface area (Å²) in [5, 5.41) is 3.38. The van der Waals surface area contributed by atoms with Crippen LogP contribution in [0, 0.1) is 0 Å². The van der Waals surface area contributed by atoms with Crippen LogP contribution < -0.4 is 0 Å². The van der Waals surface area contributed by atoms with Crippen LogP contribution in [-0.2, 0) is 0 Å². The molecule has 0 atom stereocenters. The number of nitrogens with zero attached hydrogens (tertiary/aromatic N) is 9. The smallest absolute Gasteiger partial charge is 0.166 e. The Bertz CT molecular complexity index is 2030. The van der Waals surface area contributed by atoms with E-state index in [0.717, 1.165) is 43.8 Å². The van der Waals surface area contributed by atoms with Crippen molar-refractivity contribution in [3.8, 4) is 45.6 Å². The summed E-state index contributed by atoms with van der Waals surface area (Å²) < 4.78 is 0. The third-order valence-electron chi connectivity index (χ3n) is 7.14. The molecule has 7 aromatic rings. The fourth-order valence-electron chi connectivity index (χ4n) is 5.27. The molecule has 9 rings (SSSR count). The first-order valence-corrected chi connectivity index (χ1v) is 12.5. The maximum Gasteiger partial charge on any atom is 0.166 e. The predicted octanol–water partition coefficient (Wildman–Crippen LogP) is 5.05. The van der Waals surface area contributed by atoms with E-state index in [-0.39, 0.29) is 0 Å². The lowest BCUT2D eigenvalue weighted by molar-refractivity contribution is 1.19. The first-order chi connectivity index (χ1) is 19.8. The molecule has 0 saturated carbocycles. The van der Waals surface area contributed by atoms with Crippen LogP contribution in [0.15, 0.2) is 79.6 Å². The van der Waals surface area contributed by atoms with Gasteiger partial charge in [-0.25, -0.2) is 29.9 Å². The van der Waals surface area contributed by atoms with Crippen molar-refractivity contribution in [1.29, 1.82) is 0 Å². The molecule has 2 N–H and O–H groups in total. The summed E-state index contributed by atoms with van der Waals surface area (Å²) in [4.78, 5) is 49.2. The molecule has 0 radical (unpaired) electrons. The van der Waals surface area contributed by atoms with Crippen LogP contribution in [0.25, 0.3) is 89.7 Å². The highest BCUT2D eigenvalue weighted by atomic mass is 15.1. The number of hydrogen-bond acceptors (Lipinski definition) is 9. The molecule has 0 saturated heterocycles. The van der Waals surface area contributed by atoms with E-state index in [2.05, 4.69) is 24.9 Å². The summed E-state index contributed by atoms with van der Waals surface area (Å²) in [6.07, 6.45) is 10.5. The zero-order valence-corrected chi connectivity index (χ0v) is 20.5. The number of aromatic amines is 2. The van der Waals surface area contributed by atoms with E-state index in [1.165, 1.54) is 0 Å². The maximum atomic E-state index is 4.97. The van der Waals surface area contributed by atoms with Crippen LogP contribution >= 0.6 is 0 Å².